The number of rotatable bonds is 1. The molecule has 2 aliphatic carbocycles. The maximum absolute atomic E-state index is 2.45. The first kappa shape index (κ1) is 20.9. The molecule has 0 aromatic rings. The Morgan fingerprint density at radius 3 is 1.15 bits per heavy atom. The second-order valence-corrected chi connectivity index (χ2v) is 12.6. The Kier molecular flexibility index (Phi) is 9.61. The van der Waals surface area contributed by atoms with Gasteiger partial charge in [-0.05, 0) is 28.8 Å². The molecule has 0 unspecified atom stereocenters. The van der Waals surface area contributed by atoms with Crippen molar-refractivity contribution in [3.8, 4) is 0 Å². The predicted octanol–water partition coefficient (Wildman–Crippen LogP) is 6.96. The van der Waals surface area contributed by atoms with Crippen molar-refractivity contribution in [3.63, 3.8) is 0 Å². The molecule has 0 saturated heterocycles. The molecule has 2 heteroatoms. The first-order valence-corrected chi connectivity index (χ1v) is 9.93. The van der Waals surface area contributed by atoms with Gasteiger partial charge in [0.2, 0.25) is 0 Å². The van der Waals surface area contributed by atoms with Crippen molar-refractivity contribution in [2.75, 3.05) is 0 Å². The first-order valence-electron chi connectivity index (χ1n) is 8.52. The predicted molar refractivity (Wildman–Crippen MR) is 91.8 cm³/mol. The summed E-state index contributed by atoms with van der Waals surface area (Å²) in [5, 5.41) is 1.06. The SMILES string of the molecule is C1CCCC1.CC(C)(C)P(C1CCCC1)C(C)(C)C.[Fe]. The van der Waals surface area contributed by atoms with Gasteiger partial charge in [-0.3, -0.25) is 0 Å². The number of hydrogen-bond donors (Lipinski definition) is 0. The summed E-state index contributed by atoms with van der Waals surface area (Å²) in [6, 6.07) is 0. The normalized spacial score (nSPS) is 20.6. The van der Waals surface area contributed by atoms with Crippen molar-refractivity contribution in [1.29, 1.82) is 0 Å². The van der Waals surface area contributed by atoms with Gasteiger partial charge in [-0.25, -0.2) is 0 Å². The molecule has 0 atom stereocenters. The van der Waals surface area contributed by atoms with Gasteiger partial charge in [-0.15, -0.1) is 0 Å². The van der Waals surface area contributed by atoms with Gasteiger partial charge in [-0.2, -0.15) is 0 Å². The molecule has 2 aliphatic rings. The van der Waals surface area contributed by atoms with Gasteiger partial charge in [0, 0.05) is 17.1 Å². The van der Waals surface area contributed by atoms with Crippen LogP contribution in [0.2, 0.25) is 0 Å². The molecule has 0 nitrogen and oxygen atoms in total. The summed E-state index contributed by atoms with van der Waals surface area (Å²) in [7, 11) is 0.156. The molecule has 20 heavy (non-hydrogen) atoms. The van der Waals surface area contributed by atoms with Crippen molar-refractivity contribution in [1.82, 2.24) is 0 Å². The average molecular weight is 340 g/mol. The molecule has 0 amide bonds. The molecule has 0 aromatic heterocycles. The Morgan fingerprint density at radius 1 is 0.600 bits per heavy atom. The second-order valence-electron chi connectivity index (χ2n) is 8.42. The van der Waals surface area contributed by atoms with Crippen LogP contribution in [0.4, 0.5) is 0 Å². The molecule has 0 bridgehead atoms. The third kappa shape index (κ3) is 7.28. The molecule has 2 saturated carbocycles. The van der Waals surface area contributed by atoms with Crippen LogP contribution in [0.1, 0.15) is 99.3 Å². The van der Waals surface area contributed by atoms with Crippen LogP contribution in [0.25, 0.3) is 0 Å². The summed E-state index contributed by atoms with van der Waals surface area (Å²) >= 11 is 0. The summed E-state index contributed by atoms with van der Waals surface area (Å²) in [5.41, 5.74) is 1.05. The van der Waals surface area contributed by atoms with E-state index in [1.807, 2.05) is 0 Å². The molecule has 122 valence electrons. The molecule has 0 aliphatic heterocycles. The Bertz CT molecular complexity index is 218. The molecule has 0 heterocycles. The fourth-order valence-corrected chi connectivity index (χ4v) is 9.23. The first-order chi connectivity index (χ1) is 8.73. The zero-order chi connectivity index (χ0) is 14.5. The van der Waals surface area contributed by atoms with E-state index < -0.39 is 0 Å². The van der Waals surface area contributed by atoms with Gasteiger partial charge < -0.3 is 0 Å². The van der Waals surface area contributed by atoms with E-state index in [0.717, 1.165) is 5.66 Å². The van der Waals surface area contributed by atoms with E-state index in [4.69, 9.17) is 0 Å². The minimum atomic E-state index is 0. The molecule has 0 spiro atoms. The van der Waals surface area contributed by atoms with Crippen LogP contribution >= 0.6 is 7.92 Å². The zero-order valence-electron chi connectivity index (χ0n) is 14.7. The third-order valence-corrected chi connectivity index (χ3v) is 8.52. The maximum atomic E-state index is 2.45. The molecule has 0 radical (unpaired) electrons. The largest absolute Gasteiger partial charge is 0.0924 e. The van der Waals surface area contributed by atoms with E-state index in [2.05, 4.69) is 41.5 Å². The summed E-state index contributed by atoms with van der Waals surface area (Å²) in [6.07, 6.45) is 13.5. The van der Waals surface area contributed by atoms with Crippen molar-refractivity contribution < 1.29 is 17.1 Å². The molecule has 2 rings (SSSR count). The van der Waals surface area contributed by atoms with Gasteiger partial charge in [0.1, 0.15) is 0 Å². The monoisotopic (exact) mass is 340 g/mol. The van der Waals surface area contributed by atoms with Crippen molar-refractivity contribution >= 4 is 7.92 Å². The maximum Gasteiger partial charge on any atom is 0 e. The molecule has 2 fully saturated rings. The summed E-state index contributed by atoms with van der Waals surface area (Å²) in [5.74, 6) is 0. The Labute approximate surface area is 140 Å². The third-order valence-electron chi connectivity index (χ3n) is 4.39. The standard InChI is InChI=1S/C13H27P.C5H10.Fe/c1-12(2,3)14(13(4,5)6)11-9-7-8-10-11;1-2-4-5-3-1;/h11H,7-10H2,1-6H3;1-5H2;. The van der Waals surface area contributed by atoms with E-state index in [1.54, 1.807) is 0 Å². The van der Waals surface area contributed by atoms with Crippen LogP contribution in [0.5, 0.6) is 0 Å². The summed E-state index contributed by atoms with van der Waals surface area (Å²) in [6.45, 7) is 14.7. The van der Waals surface area contributed by atoms with E-state index in [0.29, 0.717) is 10.3 Å². The zero-order valence-corrected chi connectivity index (χ0v) is 16.7. The molecular formula is C18H37FeP. The minimum Gasteiger partial charge on any atom is -0.0924 e. The van der Waals surface area contributed by atoms with Crippen molar-refractivity contribution in [3.05, 3.63) is 0 Å². The quantitative estimate of drug-likeness (QED) is 0.358. The average Bonchev–Trinajstić information content (AvgIpc) is 2.86. The number of hydrogen-bond acceptors (Lipinski definition) is 0. The van der Waals surface area contributed by atoms with Gasteiger partial charge in [0.15, 0.2) is 0 Å². The van der Waals surface area contributed by atoms with Gasteiger partial charge in [0.05, 0.1) is 0 Å². The van der Waals surface area contributed by atoms with Crippen LogP contribution in [-0.2, 0) is 17.1 Å². The molecular weight excluding hydrogens is 303 g/mol. The summed E-state index contributed by atoms with van der Waals surface area (Å²) in [4.78, 5) is 0. The van der Waals surface area contributed by atoms with Crippen LogP contribution in [0.3, 0.4) is 0 Å². The fourth-order valence-electron chi connectivity index (χ4n) is 4.15. The van der Waals surface area contributed by atoms with E-state index in [1.165, 1.54) is 57.8 Å². The van der Waals surface area contributed by atoms with Gasteiger partial charge in [0.25, 0.3) is 0 Å². The second kappa shape index (κ2) is 9.17. The topological polar surface area (TPSA) is 0 Å². The van der Waals surface area contributed by atoms with Gasteiger partial charge >= 0.3 is 0 Å². The fraction of sp³-hybridized carbons (Fsp3) is 1.00. The molecule has 0 aromatic carbocycles. The molecule has 0 N–H and O–H groups in total. The van der Waals surface area contributed by atoms with Crippen molar-refractivity contribution in [2.24, 2.45) is 0 Å². The van der Waals surface area contributed by atoms with E-state index >= 15 is 0 Å². The van der Waals surface area contributed by atoms with Crippen LogP contribution < -0.4 is 0 Å². The van der Waals surface area contributed by atoms with E-state index in [9.17, 15) is 0 Å². The van der Waals surface area contributed by atoms with Gasteiger partial charge in [-0.1, -0.05) is 94.4 Å². The van der Waals surface area contributed by atoms with Crippen molar-refractivity contribution in [2.45, 2.75) is 115 Å². The minimum absolute atomic E-state index is 0. The van der Waals surface area contributed by atoms with E-state index in [-0.39, 0.29) is 25.0 Å². The Hall–Kier alpha value is 0.949. The van der Waals surface area contributed by atoms with Crippen LogP contribution in [-0.4, -0.2) is 16.0 Å². The Balaban J connectivity index is 0.000000507. The smallest absolute Gasteiger partial charge is 0 e. The Morgan fingerprint density at radius 2 is 0.900 bits per heavy atom. The van der Waals surface area contributed by atoms with Crippen LogP contribution in [0, 0.1) is 0 Å². The summed E-state index contributed by atoms with van der Waals surface area (Å²) < 4.78 is 0. The van der Waals surface area contributed by atoms with Crippen LogP contribution in [0.15, 0.2) is 0 Å².